The van der Waals surface area contributed by atoms with Gasteiger partial charge in [0.1, 0.15) is 23.2 Å². The lowest BCUT2D eigenvalue weighted by molar-refractivity contribution is -0.129. The van der Waals surface area contributed by atoms with Gasteiger partial charge < -0.3 is 18.8 Å². The highest BCUT2D eigenvalue weighted by molar-refractivity contribution is 6.15. The van der Waals surface area contributed by atoms with Gasteiger partial charge in [-0.2, -0.15) is 0 Å². The Morgan fingerprint density at radius 3 is 2.56 bits per heavy atom. The molecule has 32 heavy (non-hydrogen) atoms. The number of aliphatic hydroxyl groups is 1. The number of furan rings is 2. The van der Waals surface area contributed by atoms with Crippen molar-refractivity contribution in [2.75, 3.05) is 6.54 Å². The molecule has 160 valence electrons. The summed E-state index contributed by atoms with van der Waals surface area (Å²) in [6.07, 6.45) is 1.85. The van der Waals surface area contributed by atoms with E-state index in [1.165, 1.54) is 23.3 Å². The van der Waals surface area contributed by atoms with Crippen molar-refractivity contribution < 1.29 is 27.9 Å². The van der Waals surface area contributed by atoms with Crippen LogP contribution >= 0.6 is 0 Å². The van der Waals surface area contributed by atoms with E-state index in [1.54, 1.807) is 42.5 Å². The molecule has 1 amide bonds. The van der Waals surface area contributed by atoms with Crippen LogP contribution in [0.2, 0.25) is 0 Å². The zero-order chi connectivity index (χ0) is 22.2. The molecule has 1 aliphatic heterocycles. The summed E-state index contributed by atoms with van der Waals surface area (Å²) in [7, 11) is 0. The number of fused-ring (bicyclic) bond motifs is 1. The summed E-state index contributed by atoms with van der Waals surface area (Å²) in [6, 6.07) is 17.1. The molecule has 5 rings (SSSR count). The van der Waals surface area contributed by atoms with E-state index in [9.17, 15) is 19.1 Å². The van der Waals surface area contributed by atoms with Crippen LogP contribution in [-0.4, -0.2) is 28.2 Å². The average molecular weight is 431 g/mol. The molecule has 2 aromatic carbocycles. The molecule has 6 nitrogen and oxygen atoms in total. The van der Waals surface area contributed by atoms with Gasteiger partial charge in [-0.3, -0.25) is 9.59 Å². The van der Waals surface area contributed by atoms with Crippen LogP contribution in [0.4, 0.5) is 4.39 Å². The number of benzene rings is 2. The Kier molecular flexibility index (Phi) is 4.86. The van der Waals surface area contributed by atoms with E-state index >= 15 is 0 Å². The summed E-state index contributed by atoms with van der Waals surface area (Å²) in [5.41, 5.74) is 1.25. The Bertz CT molecular complexity index is 1300. The highest BCUT2D eigenvalue weighted by Crippen LogP contribution is 2.39. The van der Waals surface area contributed by atoms with Crippen molar-refractivity contribution in [3.63, 3.8) is 0 Å². The first-order valence-electron chi connectivity index (χ1n) is 10.1. The fourth-order valence-corrected chi connectivity index (χ4v) is 3.99. The van der Waals surface area contributed by atoms with Crippen molar-refractivity contribution in [2.45, 2.75) is 12.5 Å². The molecule has 7 heteroatoms. The Labute approximate surface area is 182 Å². The van der Waals surface area contributed by atoms with Crippen molar-refractivity contribution in [1.29, 1.82) is 0 Å². The first-order valence-corrected chi connectivity index (χ1v) is 10.1. The molecule has 2 aromatic heterocycles. The molecule has 1 aliphatic rings. The molecule has 0 spiro atoms. The molecule has 0 radical (unpaired) electrons. The third-order valence-electron chi connectivity index (χ3n) is 5.56. The van der Waals surface area contributed by atoms with Gasteiger partial charge in [0.2, 0.25) is 5.78 Å². The molecule has 0 saturated carbocycles. The molecule has 0 aliphatic carbocycles. The summed E-state index contributed by atoms with van der Waals surface area (Å²) in [4.78, 5) is 27.7. The number of carbonyl (C=O) groups excluding carboxylic acids is 2. The lowest BCUT2D eigenvalue weighted by atomic mass is 9.99. The number of nitrogens with zero attached hydrogens (tertiary/aromatic N) is 1. The Morgan fingerprint density at radius 1 is 1.06 bits per heavy atom. The van der Waals surface area contributed by atoms with Crippen molar-refractivity contribution in [3.8, 4) is 0 Å². The van der Waals surface area contributed by atoms with Crippen LogP contribution in [0.5, 0.6) is 0 Å². The Morgan fingerprint density at radius 2 is 1.84 bits per heavy atom. The van der Waals surface area contributed by atoms with Crippen LogP contribution in [0, 0.1) is 5.82 Å². The van der Waals surface area contributed by atoms with Crippen LogP contribution < -0.4 is 0 Å². The highest BCUT2D eigenvalue weighted by Gasteiger charge is 2.45. The molecule has 3 heterocycles. The predicted molar refractivity (Wildman–Crippen MR) is 113 cm³/mol. The van der Waals surface area contributed by atoms with Gasteiger partial charge in [-0.25, -0.2) is 4.39 Å². The molecule has 4 aromatic rings. The van der Waals surface area contributed by atoms with E-state index in [1.807, 2.05) is 12.1 Å². The van der Waals surface area contributed by atoms with E-state index < -0.39 is 23.5 Å². The standard InChI is InChI=1S/C25H18FNO5/c26-17-9-7-15(8-10-17)11-12-27-22(19-6-3-13-31-19)21(24(29)25(27)30)23(28)20-14-16-4-1-2-5-18(16)32-20/h1-10,13-14,22,29H,11-12H2. The summed E-state index contributed by atoms with van der Waals surface area (Å²) < 4.78 is 24.4. The maximum atomic E-state index is 13.4. The number of halogens is 1. The van der Waals surface area contributed by atoms with Crippen LogP contribution in [0.25, 0.3) is 11.0 Å². The molecule has 1 unspecified atom stereocenters. The van der Waals surface area contributed by atoms with Gasteiger partial charge in [0.25, 0.3) is 5.91 Å². The quantitative estimate of drug-likeness (QED) is 0.435. The highest BCUT2D eigenvalue weighted by atomic mass is 19.1. The van der Waals surface area contributed by atoms with Gasteiger partial charge >= 0.3 is 0 Å². The van der Waals surface area contributed by atoms with E-state index in [4.69, 9.17) is 8.83 Å². The second kappa shape index (κ2) is 7.85. The number of hydrogen-bond acceptors (Lipinski definition) is 5. The Balaban J connectivity index is 1.49. The smallest absolute Gasteiger partial charge is 0.290 e. The normalized spacial score (nSPS) is 16.3. The second-order valence-electron chi connectivity index (χ2n) is 7.53. The number of aliphatic hydroxyl groups excluding tert-OH is 1. The molecular weight excluding hydrogens is 413 g/mol. The number of amides is 1. The third-order valence-corrected chi connectivity index (χ3v) is 5.56. The van der Waals surface area contributed by atoms with E-state index in [-0.39, 0.29) is 23.7 Å². The number of hydrogen-bond donors (Lipinski definition) is 1. The maximum Gasteiger partial charge on any atom is 0.290 e. The average Bonchev–Trinajstić information content (AvgIpc) is 3.52. The zero-order valence-electron chi connectivity index (χ0n) is 16.8. The van der Waals surface area contributed by atoms with Gasteiger partial charge in [0.15, 0.2) is 11.5 Å². The minimum absolute atomic E-state index is 0.0255. The van der Waals surface area contributed by atoms with Gasteiger partial charge in [0.05, 0.1) is 11.8 Å². The summed E-state index contributed by atoms with van der Waals surface area (Å²) in [6.45, 7) is 0.191. The Hall–Kier alpha value is -4.13. The summed E-state index contributed by atoms with van der Waals surface area (Å²) >= 11 is 0. The van der Waals surface area contributed by atoms with Gasteiger partial charge in [-0.05, 0) is 48.4 Å². The molecule has 0 bridgehead atoms. The zero-order valence-corrected chi connectivity index (χ0v) is 16.8. The first-order chi connectivity index (χ1) is 15.5. The van der Waals surface area contributed by atoms with Crippen molar-refractivity contribution >= 4 is 22.7 Å². The molecule has 0 fully saturated rings. The molecule has 1 N–H and O–H groups in total. The molecular formula is C25H18FNO5. The lowest BCUT2D eigenvalue weighted by Gasteiger charge is -2.24. The van der Waals surface area contributed by atoms with Crippen molar-refractivity contribution in [1.82, 2.24) is 4.90 Å². The van der Waals surface area contributed by atoms with Crippen LogP contribution in [-0.2, 0) is 11.2 Å². The number of ketones is 1. The van der Waals surface area contributed by atoms with Gasteiger partial charge in [-0.15, -0.1) is 0 Å². The number of Topliss-reactive ketones (excluding diaryl/α,β-unsaturated/α-hetero) is 1. The van der Waals surface area contributed by atoms with Gasteiger partial charge in [-0.1, -0.05) is 30.3 Å². The number of rotatable bonds is 6. The number of para-hydroxylation sites is 1. The summed E-state index contributed by atoms with van der Waals surface area (Å²) in [5.74, 6) is -1.86. The predicted octanol–water partition coefficient (Wildman–Crippen LogP) is 4.99. The molecule has 0 saturated heterocycles. The first kappa shape index (κ1) is 19.8. The monoisotopic (exact) mass is 431 g/mol. The fraction of sp³-hybridized carbons (Fsp3) is 0.120. The van der Waals surface area contributed by atoms with E-state index in [0.29, 0.717) is 17.8 Å². The molecule has 1 atom stereocenters. The van der Waals surface area contributed by atoms with Crippen molar-refractivity contribution in [2.24, 2.45) is 0 Å². The third kappa shape index (κ3) is 3.37. The summed E-state index contributed by atoms with van der Waals surface area (Å²) in [5, 5.41) is 11.4. The SMILES string of the molecule is O=C(C1=C(O)C(=O)N(CCc2ccc(F)cc2)C1c1ccco1)c1cc2ccccc2o1. The lowest BCUT2D eigenvalue weighted by Crippen LogP contribution is -2.32. The van der Waals surface area contributed by atoms with E-state index in [0.717, 1.165) is 10.9 Å². The number of carbonyl (C=O) groups is 2. The van der Waals surface area contributed by atoms with Crippen LogP contribution in [0.3, 0.4) is 0 Å². The van der Waals surface area contributed by atoms with E-state index in [2.05, 4.69) is 0 Å². The van der Waals surface area contributed by atoms with Crippen molar-refractivity contribution in [3.05, 3.63) is 107 Å². The minimum atomic E-state index is -0.904. The van der Waals surface area contributed by atoms with Crippen LogP contribution in [0.1, 0.15) is 27.9 Å². The topological polar surface area (TPSA) is 83.9 Å². The minimum Gasteiger partial charge on any atom is -0.503 e. The van der Waals surface area contributed by atoms with Crippen LogP contribution in [0.15, 0.2) is 93.2 Å². The fourth-order valence-electron chi connectivity index (χ4n) is 3.99. The maximum absolute atomic E-state index is 13.4. The largest absolute Gasteiger partial charge is 0.503 e. The van der Waals surface area contributed by atoms with Gasteiger partial charge in [0, 0.05) is 11.9 Å². The second-order valence-corrected chi connectivity index (χ2v) is 7.53.